The summed E-state index contributed by atoms with van der Waals surface area (Å²) in [6.07, 6.45) is 4.08. The molecule has 3 rings (SSSR count). The lowest BCUT2D eigenvalue weighted by atomic mass is 9.96. The van der Waals surface area contributed by atoms with Gasteiger partial charge in [-0.1, -0.05) is 54.6 Å². The van der Waals surface area contributed by atoms with Gasteiger partial charge in [-0.15, -0.1) is 0 Å². The third-order valence-corrected chi connectivity index (χ3v) is 4.43. The number of benzene rings is 2. The van der Waals surface area contributed by atoms with E-state index in [2.05, 4.69) is 5.32 Å². The van der Waals surface area contributed by atoms with Gasteiger partial charge in [-0.2, -0.15) is 0 Å². The Labute approximate surface area is 141 Å². The molecule has 0 heterocycles. The van der Waals surface area contributed by atoms with Gasteiger partial charge < -0.3 is 15.2 Å². The molecule has 0 saturated heterocycles. The number of aliphatic hydroxyl groups excluding tert-OH is 1. The van der Waals surface area contributed by atoms with E-state index in [4.69, 9.17) is 4.74 Å². The van der Waals surface area contributed by atoms with Crippen LogP contribution in [0.4, 0.5) is 5.69 Å². The van der Waals surface area contributed by atoms with Gasteiger partial charge in [0.2, 0.25) is 5.91 Å². The Morgan fingerprint density at radius 3 is 2.50 bits per heavy atom. The lowest BCUT2D eigenvalue weighted by Gasteiger charge is -2.20. The van der Waals surface area contributed by atoms with Gasteiger partial charge in [0.1, 0.15) is 5.75 Å². The summed E-state index contributed by atoms with van der Waals surface area (Å²) < 4.78 is 5.25. The number of ether oxygens (including phenoxy) is 1. The lowest BCUT2D eigenvalue weighted by Crippen LogP contribution is -2.33. The number of carbonyl (C=O) groups is 1. The highest BCUT2D eigenvalue weighted by Gasteiger charge is 2.54. The summed E-state index contributed by atoms with van der Waals surface area (Å²) in [4.78, 5) is 12.7. The highest BCUT2D eigenvalue weighted by Crippen LogP contribution is 2.50. The Balaban J connectivity index is 1.71. The smallest absolute Gasteiger partial charge is 0.233 e. The highest BCUT2D eigenvalue weighted by atomic mass is 16.5. The molecule has 24 heavy (non-hydrogen) atoms. The van der Waals surface area contributed by atoms with Crippen molar-refractivity contribution in [2.24, 2.45) is 5.41 Å². The van der Waals surface area contributed by atoms with Crippen LogP contribution in [0.1, 0.15) is 18.4 Å². The Morgan fingerprint density at radius 1 is 1.17 bits per heavy atom. The van der Waals surface area contributed by atoms with E-state index in [0.29, 0.717) is 24.3 Å². The third-order valence-electron chi connectivity index (χ3n) is 4.43. The van der Waals surface area contributed by atoms with Crippen LogP contribution in [0.15, 0.2) is 60.7 Å². The van der Waals surface area contributed by atoms with Gasteiger partial charge >= 0.3 is 0 Å². The normalized spacial score (nSPS) is 16.6. The van der Waals surface area contributed by atoms with Crippen LogP contribution in [0.2, 0.25) is 0 Å². The molecule has 0 radical (unpaired) electrons. The minimum Gasteiger partial charge on any atom is -0.495 e. The van der Waals surface area contributed by atoms with Crippen LogP contribution in [-0.4, -0.2) is 24.2 Å². The first-order chi connectivity index (χ1) is 11.7. The van der Waals surface area contributed by atoms with Crippen molar-refractivity contribution in [3.05, 3.63) is 66.2 Å². The number of carbonyl (C=O) groups excluding carboxylic acids is 1. The van der Waals surface area contributed by atoms with Crippen molar-refractivity contribution in [2.75, 3.05) is 12.4 Å². The van der Waals surface area contributed by atoms with E-state index in [1.807, 2.05) is 48.5 Å². The minimum absolute atomic E-state index is 0.169. The lowest BCUT2D eigenvalue weighted by molar-refractivity contribution is -0.124. The largest absolute Gasteiger partial charge is 0.495 e. The van der Waals surface area contributed by atoms with Gasteiger partial charge in [-0.25, -0.2) is 0 Å². The molecule has 1 saturated carbocycles. The second-order valence-corrected chi connectivity index (χ2v) is 6.03. The molecular weight excluding hydrogens is 302 g/mol. The number of para-hydroxylation sites is 2. The maximum atomic E-state index is 12.7. The van der Waals surface area contributed by atoms with E-state index in [1.54, 1.807) is 25.3 Å². The van der Waals surface area contributed by atoms with Crippen molar-refractivity contribution in [1.29, 1.82) is 0 Å². The zero-order valence-corrected chi connectivity index (χ0v) is 13.6. The summed E-state index contributed by atoms with van der Waals surface area (Å²) in [6, 6.07) is 17.0. The SMILES string of the molecule is COc1ccccc1NC(=O)C1(C(O)/C=C/c2ccccc2)CC1. The molecule has 0 bridgehead atoms. The van der Waals surface area contributed by atoms with Crippen molar-refractivity contribution < 1.29 is 14.6 Å². The van der Waals surface area contributed by atoms with Crippen molar-refractivity contribution >= 4 is 17.7 Å². The quantitative estimate of drug-likeness (QED) is 0.855. The molecule has 124 valence electrons. The summed E-state index contributed by atoms with van der Waals surface area (Å²) >= 11 is 0. The van der Waals surface area contributed by atoms with E-state index >= 15 is 0 Å². The van der Waals surface area contributed by atoms with Gasteiger partial charge in [0.15, 0.2) is 0 Å². The van der Waals surface area contributed by atoms with Crippen molar-refractivity contribution in [2.45, 2.75) is 18.9 Å². The summed E-state index contributed by atoms with van der Waals surface area (Å²) in [5.41, 5.74) is 0.875. The van der Waals surface area contributed by atoms with Gasteiger partial charge in [-0.05, 0) is 30.5 Å². The number of hydrogen-bond acceptors (Lipinski definition) is 3. The number of nitrogens with one attached hydrogen (secondary N) is 1. The van der Waals surface area contributed by atoms with Crippen LogP contribution in [0.3, 0.4) is 0 Å². The van der Waals surface area contributed by atoms with Crippen LogP contribution in [-0.2, 0) is 4.79 Å². The number of methoxy groups -OCH3 is 1. The maximum Gasteiger partial charge on any atom is 0.233 e. The number of hydrogen-bond donors (Lipinski definition) is 2. The summed E-state index contributed by atoms with van der Waals surface area (Å²) in [7, 11) is 1.56. The van der Waals surface area contributed by atoms with E-state index in [0.717, 1.165) is 5.56 Å². The molecule has 1 amide bonds. The number of rotatable bonds is 6. The molecule has 1 atom stereocenters. The molecule has 2 N–H and O–H groups in total. The van der Waals surface area contributed by atoms with Gasteiger partial charge in [-0.3, -0.25) is 4.79 Å². The summed E-state index contributed by atoms with van der Waals surface area (Å²) in [5.74, 6) is 0.438. The van der Waals surface area contributed by atoms with Crippen molar-refractivity contribution in [1.82, 2.24) is 0 Å². The number of aliphatic hydroxyl groups is 1. The molecule has 2 aromatic carbocycles. The van der Waals surface area contributed by atoms with Crippen molar-refractivity contribution in [3.8, 4) is 5.75 Å². The van der Waals surface area contributed by atoms with Gasteiger partial charge in [0.25, 0.3) is 0 Å². The molecule has 1 fully saturated rings. The standard InChI is InChI=1S/C20H21NO3/c1-24-17-10-6-5-9-16(17)21-19(23)20(13-14-20)18(22)12-11-15-7-3-2-4-8-15/h2-12,18,22H,13-14H2,1H3,(H,21,23)/b12-11+. The molecule has 0 spiro atoms. The summed E-state index contributed by atoms with van der Waals surface area (Å²) in [5, 5.41) is 13.4. The van der Waals surface area contributed by atoms with Gasteiger partial charge in [0, 0.05) is 0 Å². The fourth-order valence-corrected chi connectivity index (χ4v) is 2.74. The van der Waals surface area contributed by atoms with Gasteiger partial charge in [0.05, 0.1) is 24.3 Å². The Bertz CT molecular complexity index is 736. The molecule has 4 nitrogen and oxygen atoms in total. The van der Waals surface area contributed by atoms with Crippen LogP contribution >= 0.6 is 0 Å². The fraction of sp³-hybridized carbons (Fsp3) is 0.250. The third kappa shape index (κ3) is 3.34. The Morgan fingerprint density at radius 2 is 1.83 bits per heavy atom. The molecule has 1 unspecified atom stereocenters. The maximum absolute atomic E-state index is 12.7. The molecule has 0 aliphatic heterocycles. The topological polar surface area (TPSA) is 58.6 Å². The summed E-state index contributed by atoms with van der Waals surface area (Å²) in [6.45, 7) is 0. The highest BCUT2D eigenvalue weighted by molar-refractivity contribution is 5.99. The molecule has 1 aliphatic carbocycles. The van der Waals surface area contributed by atoms with Crippen LogP contribution in [0, 0.1) is 5.41 Å². The molecule has 2 aromatic rings. The van der Waals surface area contributed by atoms with E-state index in [1.165, 1.54) is 0 Å². The first-order valence-corrected chi connectivity index (χ1v) is 8.01. The van der Waals surface area contributed by atoms with Crippen LogP contribution in [0.5, 0.6) is 5.75 Å². The Kier molecular flexibility index (Phi) is 4.67. The van der Waals surface area contributed by atoms with Crippen molar-refractivity contribution in [3.63, 3.8) is 0 Å². The average Bonchev–Trinajstić information content (AvgIpc) is 3.43. The average molecular weight is 323 g/mol. The van der Waals surface area contributed by atoms with E-state index in [-0.39, 0.29) is 5.91 Å². The van der Waals surface area contributed by atoms with Crippen LogP contribution < -0.4 is 10.1 Å². The zero-order chi connectivity index (χ0) is 17.0. The van der Waals surface area contributed by atoms with Crippen LogP contribution in [0.25, 0.3) is 6.08 Å². The zero-order valence-electron chi connectivity index (χ0n) is 13.6. The molecular formula is C20H21NO3. The van der Waals surface area contributed by atoms with E-state index in [9.17, 15) is 9.90 Å². The second-order valence-electron chi connectivity index (χ2n) is 6.03. The first-order valence-electron chi connectivity index (χ1n) is 8.01. The van der Waals surface area contributed by atoms with E-state index < -0.39 is 11.5 Å². The first kappa shape index (κ1) is 16.3. The predicted molar refractivity (Wildman–Crippen MR) is 94.8 cm³/mol. The monoisotopic (exact) mass is 323 g/mol. The molecule has 4 heteroatoms. The molecule has 0 aromatic heterocycles. The predicted octanol–water partition coefficient (Wildman–Crippen LogP) is 3.49. The fourth-order valence-electron chi connectivity index (χ4n) is 2.74. The number of anilines is 1. The molecule has 1 aliphatic rings. The Hall–Kier alpha value is -2.59. The number of amides is 1. The minimum atomic E-state index is -0.813. The second kappa shape index (κ2) is 6.89.